The van der Waals surface area contributed by atoms with Gasteiger partial charge in [-0.1, -0.05) is 30.3 Å². The van der Waals surface area contributed by atoms with Gasteiger partial charge >= 0.3 is 0 Å². The van der Waals surface area contributed by atoms with Crippen molar-refractivity contribution < 1.29 is 0 Å². The van der Waals surface area contributed by atoms with Gasteiger partial charge < -0.3 is 0 Å². The molecule has 1 aromatic carbocycles. The Morgan fingerprint density at radius 3 is 2.54 bits per heavy atom. The summed E-state index contributed by atoms with van der Waals surface area (Å²) in [5.41, 5.74) is 3.17. The van der Waals surface area contributed by atoms with Crippen LogP contribution in [-0.4, -0.2) is 10.2 Å². The maximum absolute atomic E-state index is 4.06. The molecule has 13 heavy (non-hydrogen) atoms. The van der Waals surface area contributed by atoms with Crippen molar-refractivity contribution in [2.45, 2.75) is 6.92 Å². The van der Waals surface area contributed by atoms with Gasteiger partial charge in [0.15, 0.2) is 0 Å². The SMILES string of the molecule is Cc1cnnc(-c2ccccc2)c1. The van der Waals surface area contributed by atoms with E-state index in [-0.39, 0.29) is 0 Å². The van der Waals surface area contributed by atoms with E-state index in [2.05, 4.69) is 10.2 Å². The van der Waals surface area contributed by atoms with Gasteiger partial charge in [0, 0.05) is 5.56 Å². The molecule has 0 aliphatic carbocycles. The minimum atomic E-state index is 0.931. The quantitative estimate of drug-likeness (QED) is 0.657. The Bertz CT molecular complexity index is 396. The average molecular weight is 170 g/mol. The highest BCUT2D eigenvalue weighted by Crippen LogP contribution is 2.15. The summed E-state index contributed by atoms with van der Waals surface area (Å²) in [6.45, 7) is 2.02. The Kier molecular flexibility index (Phi) is 2.04. The highest BCUT2D eigenvalue weighted by Gasteiger charge is 1.97. The van der Waals surface area contributed by atoms with Crippen molar-refractivity contribution in [1.82, 2.24) is 10.2 Å². The van der Waals surface area contributed by atoms with Crippen molar-refractivity contribution in [1.29, 1.82) is 0 Å². The summed E-state index contributed by atoms with van der Waals surface area (Å²) in [6.07, 6.45) is 1.76. The zero-order valence-electron chi connectivity index (χ0n) is 7.44. The fourth-order valence-corrected chi connectivity index (χ4v) is 1.21. The largest absolute Gasteiger partial charge is 0.158 e. The van der Waals surface area contributed by atoms with Crippen LogP contribution in [0, 0.1) is 6.92 Å². The fourth-order valence-electron chi connectivity index (χ4n) is 1.21. The molecule has 0 unspecified atom stereocenters. The molecule has 0 atom stereocenters. The van der Waals surface area contributed by atoms with Crippen LogP contribution < -0.4 is 0 Å². The lowest BCUT2D eigenvalue weighted by atomic mass is 10.1. The van der Waals surface area contributed by atoms with Crippen LogP contribution in [0.15, 0.2) is 42.6 Å². The van der Waals surface area contributed by atoms with E-state index < -0.39 is 0 Å². The third-order valence-electron chi connectivity index (χ3n) is 1.86. The Labute approximate surface area is 77.3 Å². The summed E-state index contributed by atoms with van der Waals surface area (Å²) in [5.74, 6) is 0. The molecule has 0 aliphatic rings. The number of aryl methyl sites for hydroxylation is 1. The van der Waals surface area contributed by atoms with Crippen molar-refractivity contribution in [2.24, 2.45) is 0 Å². The highest BCUT2D eigenvalue weighted by molar-refractivity contribution is 5.58. The van der Waals surface area contributed by atoms with Gasteiger partial charge in [-0.15, -0.1) is 0 Å². The van der Waals surface area contributed by atoms with Crippen LogP contribution in [0.25, 0.3) is 11.3 Å². The maximum Gasteiger partial charge on any atom is 0.0932 e. The molecule has 2 aromatic rings. The lowest BCUT2D eigenvalue weighted by molar-refractivity contribution is 1.02. The van der Waals surface area contributed by atoms with Crippen LogP contribution in [0.2, 0.25) is 0 Å². The molecule has 2 nitrogen and oxygen atoms in total. The first-order chi connectivity index (χ1) is 6.36. The predicted octanol–water partition coefficient (Wildman–Crippen LogP) is 2.45. The zero-order chi connectivity index (χ0) is 9.10. The van der Waals surface area contributed by atoms with Crippen LogP contribution in [0.5, 0.6) is 0 Å². The van der Waals surface area contributed by atoms with Crippen molar-refractivity contribution >= 4 is 0 Å². The zero-order valence-corrected chi connectivity index (χ0v) is 7.44. The van der Waals surface area contributed by atoms with E-state index in [4.69, 9.17) is 0 Å². The lowest BCUT2D eigenvalue weighted by Gasteiger charge is -1.99. The van der Waals surface area contributed by atoms with E-state index in [1.807, 2.05) is 43.3 Å². The number of nitrogens with zero attached hydrogens (tertiary/aromatic N) is 2. The summed E-state index contributed by atoms with van der Waals surface area (Å²) < 4.78 is 0. The van der Waals surface area contributed by atoms with Crippen LogP contribution in [0.1, 0.15) is 5.56 Å². The van der Waals surface area contributed by atoms with Gasteiger partial charge in [0.1, 0.15) is 0 Å². The van der Waals surface area contributed by atoms with Gasteiger partial charge in [-0.05, 0) is 18.6 Å². The van der Waals surface area contributed by atoms with Crippen molar-refractivity contribution in [3.8, 4) is 11.3 Å². The van der Waals surface area contributed by atoms with Crippen molar-refractivity contribution in [3.63, 3.8) is 0 Å². The minimum Gasteiger partial charge on any atom is -0.158 e. The summed E-state index contributed by atoms with van der Waals surface area (Å²) in [6, 6.07) is 12.1. The molecule has 0 saturated heterocycles. The molecule has 0 N–H and O–H groups in total. The van der Waals surface area contributed by atoms with Gasteiger partial charge in [-0.2, -0.15) is 10.2 Å². The number of hydrogen-bond acceptors (Lipinski definition) is 2. The second-order valence-electron chi connectivity index (χ2n) is 2.98. The second-order valence-corrected chi connectivity index (χ2v) is 2.98. The van der Waals surface area contributed by atoms with Crippen molar-refractivity contribution in [2.75, 3.05) is 0 Å². The molecule has 2 rings (SSSR count). The molecular weight excluding hydrogens is 160 g/mol. The van der Waals surface area contributed by atoms with Crippen LogP contribution in [0.3, 0.4) is 0 Å². The number of hydrogen-bond donors (Lipinski definition) is 0. The normalized spacial score (nSPS) is 9.92. The maximum atomic E-state index is 4.06. The Morgan fingerprint density at radius 2 is 1.85 bits per heavy atom. The predicted molar refractivity (Wildman–Crippen MR) is 52.2 cm³/mol. The van der Waals surface area contributed by atoms with E-state index in [0.29, 0.717) is 0 Å². The molecule has 64 valence electrons. The van der Waals surface area contributed by atoms with Gasteiger partial charge in [-0.25, -0.2) is 0 Å². The first kappa shape index (κ1) is 7.92. The summed E-state index contributed by atoms with van der Waals surface area (Å²) >= 11 is 0. The minimum absolute atomic E-state index is 0.931. The van der Waals surface area contributed by atoms with E-state index in [0.717, 1.165) is 16.8 Å². The molecule has 1 heterocycles. The summed E-state index contributed by atoms with van der Waals surface area (Å²) in [4.78, 5) is 0. The van der Waals surface area contributed by atoms with Gasteiger partial charge in [0.25, 0.3) is 0 Å². The number of aromatic nitrogens is 2. The number of rotatable bonds is 1. The van der Waals surface area contributed by atoms with Gasteiger partial charge in [-0.3, -0.25) is 0 Å². The first-order valence-corrected chi connectivity index (χ1v) is 4.21. The fraction of sp³-hybridized carbons (Fsp3) is 0.0909. The average Bonchev–Trinajstić information content (AvgIpc) is 2.19. The Morgan fingerprint density at radius 1 is 1.08 bits per heavy atom. The third-order valence-corrected chi connectivity index (χ3v) is 1.86. The highest BCUT2D eigenvalue weighted by atomic mass is 15.1. The van der Waals surface area contributed by atoms with Crippen LogP contribution >= 0.6 is 0 Å². The molecule has 0 fully saturated rings. The molecule has 0 amide bonds. The smallest absolute Gasteiger partial charge is 0.0932 e. The molecule has 1 aromatic heterocycles. The number of benzene rings is 1. The summed E-state index contributed by atoms with van der Waals surface area (Å²) in [7, 11) is 0. The Hall–Kier alpha value is -1.70. The van der Waals surface area contributed by atoms with Crippen LogP contribution in [0.4, 0.5) is 0 Å². The van der Waals surface area contributed by atoms with Gasteiger partial charge in [0.05, 0.1) is 11.9 Å². The van der Waals surface area contributed by atoms with E-state index in [1.54, 1.807) is 6.20 Å². The van der Waals surface area contributed by atoms with E-state index >= 15 is 0 Å². The Balaban J connectivity index is 2.48. The molecular formula is C11H10N2. The van der Waals surface area contributed by atoms with Crippen molar-refractivity contribution in [3.05, 3.63) is 48.2 Å². The third kappa shape index (κ3) is 1.72. The lowest BCUT2D eigenvalue weighted by Crippen LogP contribution is -1.87. The molecule has 0 aliphatic heterocycles. The standard InChI is InChI=1S/C11H10N2/c1-9-7-11(13-12-8-9)10-5-3-2-4-6-10/h2-8H,1H3. The van der Waals surface area contributed by atoms with E-state index in [9.17, 15) is 0 Å². The molecule has 2 heteroatoms. The molecule has 0 bridgehead atoms. The van der Waals surface area contributed by atoms with Gasteiger partial charge in [0.2, 0.25) is 0 Å². The van der Waals surface area contributed by atoms with E-state index in [1.165, 1.54) is 0 Å². The molecule has 0 saturated carbocycles. The molecule has 0 spiro atoms. The topological polar surface area (TPSA) is 25.8 Å². The second kappa shape index (κ2) is 3.35. The molecule has 0 radical (unpaired) electrons. The first-order valence-electron chi connectivity index (χ1n) is 4.21. The monoisotopic (exact) mass is 170 g/mol. The summed E-state index contributed by atoms with van der Waals surface area (Å²) in [5, 5.41) is 7.97. The van der Waals surface area contributed by atoms with Crippen LogP contribution in [-0.2, 0) is 0 Å².